The molecule has 3 aromatic rings. The van der Waals surface area contributed by atoms with Gasteiger partial charge in [-0.05, 0) is 36.8 Å². The molecule has 0 saturated heterocycles. The van der Waals surface area contributed by atoms with Crippen molar-refractivity contribution in [3.05, 3.63) is 52.3 Å². The number of aromatic nitrogens is 1. The predicted octanol–water partition coefficient (Wildman–Crippen LogP) is 2.89. The zero-order valence-corrected chi connectivity index (χ0v) is 10.7. The van der Waals surface area contributed by atoms with Crippen LogP contribution < -0.4 is 16.8 Å². The number of oxazole rings is 1. The molecule has 0 atom stereocenters. The molecule has 5 nitrogen and oxygen atoms in total. The van der Waals surface area contributed by atoms with E-state index in [-0.39, 0.29) is 5.82 Å². The molecule has 6 heteroatoms. The van der Waals surface area contributed by atoms with Crippen LogP contribution in [0.3, 0.4) is 0 Å². The summed E-state index contributed by atoms with van der Waals surface area (Å²) in [5.74, 6) is -0.829. The van der Waals surface area contributed by atoms with Crippen molar-refractivity contribution in [1.29, 1.82) is 0 Å². The Labute approximate surface area is 113 Å². The van der Waals surface area contributed by atoms with Crippen molar-refractivity contribution in [1.82, 2.24) is 4.98 Å². The molecule has 0 aliphatic carbocycles. The molecule has 0 saturated carbocycles. The molecule has 3 rings (SSSR count). The number of aryl methyl sites for hydroxylation is 1. The van der Waals surface area contributed by atoms with Crippen molar-refractivity contribution in [3.63, 3.8) is 0 Å². The molecule has 0 amide bonds. The lowest BCUT2D eigenvalue weighted by atomic mass is 10.1. The zero-order chi connectivity index (χ0) is 14.3. The van der Waals surface area contributed by atoms with Crippen LogP contribution in [-0.4, -0.2) is 4.98 Å². The Balaban J connectivity index is 2.05. The number of nitrogen functional groups attached to an aromatic ring is 1. The van der Waals surface area contributed by atoms with Crippen LogP contribution in [0.4, 0.5) is 21.5 Å². The first-order valence-electron chi connectivity index (χ1n) is 5.98. The number of nitrogens with two attached hydrogens (primary N) is 1. The van der Waals surface area contributed by atoms with E-state index in [0.29, 0.717) is 22.5 Å². The Bertz CT molecular complexity index is 851. The van der Waals surface area contributed by atoms with Crippen LogP contribution in [0.15, 0.2) is 39.5 Å². The van der Waals surface area contributed by atoms with Gasteiger partial charge in [0.15, 0.2) is 5.58 Å². The Morgan fingerprint density at radius 1 is 1.25 bits per heavy atom. The summed E-state index contributed by atoms with van der Waals surface area (Å²) < 4.78 is 18.0. The first-order valence-corrected chi connectivity index (χ1v) is 5.98. The Morgan fingerprint density at radius 3 is 2.80 bits per heavy atom. The highest BCUT2D eigenvalue weighted by Crippen LogP contribution is 2.29. The number of benzene rings is 2. The van der Waals surface area contributed by atoms with E-state index in [9.17, 15) is 9.18 Å². The monoisotopic (exact) mass is 273 g/mol. The Hall–Kier alpha value is -2.76. The van der Waals surface area contributed by atoms with Crippen LogP contribution in [0, 0.1) is 12.7 Å². The quantitative estimate of drug-likeness (QED) is 0.627. The number of halogens is 1. The molecule has 0 unspecified atom stereocenters. The van der Waals surface area contributed by atoms with Crippen molar-refractivity contribution in [2.24, 2.45) is 0 Å². The molecule has 0 radical (unpaired) electrons. The molecule has 0 aliphatic rings. The third-order valence-electron chi connectivity index (χ3n) is 3.05. The van der Waals surface area contributed by atoms with Gasteiger partial charge in [0.2, 0.25) is 0 Å². The Kier molecular flexibility index (Phi) is 2.71. The molecule has 0 bridgehead atoms. The standard InChI is InChI=1S/C14H12FN3O2/c1-7-4-8(15)2-3-10(7)17-11-6-12-13(5-9(11)16)20-14(19)18-12/h2-6,17H,16H2,1H3,(H,18,19). The van der Waals surface area contributed by atoms with Gasteiger partial charge < -0.3 is 15.5 Å². The van der Waals surface area contributed by atoms with E-state index >= 15 is 0 Å². The van der Waals surface area contributed by atoms with Crippen molar-refractivity contribution in [2.75, 3.05) is 11.1 Å². The largest absolute Gasteiger partial charge is 0.417 e. The average molecular weight is 273 g/mol. The van der Waals surface area contributed by atoms with E-state index < -0.39 is 5.76 Å². The summed E-state index contributed by atoms with van der Waals surface area (Å²) in [7, 11) is 0. The van der Waals surface area contributed by atoms with Crippen LogP contribution in [0.2, 0.25) is 0 Å². The molecule has 1 heterocycles. The minimum Gasteiger partial charge on any atom is -0.408 e. The van der Waals surface area contributed by atoms with Gasteiger partial charge in [-0.15, -0.1) is 0 Å². The second-order valence-electron chi connectivity index (χ2n) is 4.53. The van der Waals surface area contributed by atoms with Gasteiger partial charge in [-0.3, -0.25) is 4.98 Å². The number of hydrogen-bond acceptors (Lipinski definition) is 4. The van der Waals surface area contributed by atoms with Gasteiger partial charge in [0.05, 0.1) is 16.9 Å². The maximum absolute atomic E-state index is 13.1. The summed E-state index contributed by atoms with van der Waals surface area (Å²) in [5, 5.41) is 3.11. The van der Waals surface area contributed by atoms with Gasteiger partial charge >= 0.3 is 5.76 Å². The van der Waals surface area contributed by atoms with Gasteiger partial charge in [-0.25, -0.2) is 9.18 Å². The van der Waals surface area contributed by atoms with E-state index in [2.05, 4.69) is 10.3 Å². The molecule has 4 N–H and O–H groups in total. The lowest BCUT2D eigenvalue weighted by Crippen LogP contribution is -1.98. The molecule has 0 spiro atoms. The molecule has 0 fully saturated rings. The second kappa shape index (κ2) is 4.41. The van der Waals surface area contributed by atoms with Crippen molar-refractivity contribution in [2.45, 2.75) is 6.92 Å². The fourth-order valence-corrected chi connectivity index (χ4v) is 2.03. The average Bonchev–Trinajstić information content (AvgIpc) is 2.72. The normalized spacial score (nSPS) is 10.9. The first-order chi connectivity index (χ1) is 9.52. The summed E-state index contributed by atoms with van der Waals surface area (Å²) in [6.45, 7) is 1.79. The van der Waals surface area contributed by atoms with Crippen LogP contribution in [0.5, 0.6) is 0 Å². The number of nitrogens with one attached hydrogen (secondary N) is 2. The molecular formula is C14H12FN3O2. The predicted molar refractivity (Wildman–Crippen MR) is 75.7 cm³/mol. The van der Waals surface area contributed by atoms with Gasteiger partial charge in [0, 0.05) is 11.8 Å². The van der Waals surface area contributed by atoms with E-state index in [1.807, 2.05) is 0 Å². The fraction of sp³-hybridized carbons (Fsp3) is 0.0714. The molecule has 20 heavy (non-hydrogen) atoms. The number of rotatable bonds is 2. The number of fused-ring (bicyclic) bond motifs is 1. The van der Waals surface area contributed by atoms with Crippen molar-refractivity contribution in [3.8, 4) is 0 Å². The second-order valence-corrected chi connectivity index (χ2v) is 4.53. The highest BCUT2D eigenvalue weighted by Gasteiger charge is 2.08. The van der Waals surface area contributed by atoms with Crippen molar-refractivity contribution >= 4 is 28.2 Å². The van der Waals surface area contributed by atoms with Gasteiger partial charge in [0.25, 0.3) is 0 Å². The molecule has 2 aromatic carbocycles. The molecule has 1 aromatic heterocycles. The minimum atomic E-state index is -0.533. The summed E-state index contributed by atoms with van der Waals surface area (Å²) in [4.78, 5) is 13.7. The maximum Gasteiger partial charge on any atom is 0.417 e. The van der Waals surface area contributed by atoms with Crippen LogP contribution in [0.25, 0.3) is 11.1 Å². The maximum atomic E-state index is 13.1. The van der Waals surface area contributed by atoms with Crippen LogP contribution in [0.1, 0.15) is 5.56 Å². The summed E-state index contributed by atoms with van der Waals surface area (Å²) >= 11 is 0. The minimum absolute atomic E-state index is 0.296. The highest BCUT2D eigenvalue weighted by molar-refractivity contribution is 5.87. The summed E-state index contributed by atoms with van der Waals surface area (Å²) in [5.41, 5.74) is 9.40. The lowest BCUT2D eigenvalue weighted by molar-refractivity contribution is 0.555. The topological polar surface area (TPSA) is 84.0 Å². The van der Waals surface area contributed by atoms with Crippen LogP contribution in [-0.2, 0) is 0 Å². The Morgan fingerprint density at radius 2 is 2.05 bits per heavy atom. The smallest absolute Gasteiger partial charge is 0.408 e. The van der Waals surface area contributed by atoms with Gasteiger partial charge in [-0.1, -0.05) is 0 Å². The third-order valence-corrected chi connectivity index (χ3v) is 3.05. The zero-order valence-electron chi connectivity index (χ0n) is 10.7. The summed E-state index contributed by atoms with van der Waals surface area (Å²) in [6.07, 6.45) is 0. The first kappa shape index (κ1) is 12.3. The fourth-order valence-electron chi connectivity index (χ4n) is 2.03. The number of H-pyrrole nitrogens is 1. The molecule has 102 valence electrons. The van der Waals surface area contributed by atoms with E-state index in [1.54, 1.807) is 25.1 Å². The van der Waals surface area contributed by atoms with Crippen molar-refractivity contribution < 1.29 is 8.81 Å². The highest BCUT2D eigenvalue weighted by atomic mass is 19.1. The number of hydrogen-bond donors (Lipinski definition) is 3. The SMILES string of the molecule is Cc1cc(F)ccc1Nc1cc2[nH]c(=O)oc2cc1N. The number of anilines is 3. The van der Waals surface area contributed by atoms with E-state index in [1.165, 1.54) is 12.1 Å². The van der Waals surface area contributed by atoms with E-state index in [4.69, 9.17) is 10.2 Å². The molecule has 0 aliphatic heterocycles. The molecular weight excluding hydrogens is 261 g/mol. The van der Waals surface area contributed by atoms with E-state index in [0.717, 1.165) is 11.3 Å². The van der Waals surface area contributed by atoms with Crippen LogP contribution >= 0.6 is 0 Å². The van der Waals surface area contributed by atoms with Gasteiger partial charge in [0.1, 0.15) is 5.82 Å². The number of aromatic amines is 1. The summed E-state index contributed by atoms with van der Waals surface area (Å²) in [6, 6.07) is 7.67. The third kappa shape index (κ3) is 2.11. The lowest BCUT2D eigenvalue weighted by Gasteiger charge is -2.11. The van der Waals surface area contributed by atoms with Gasteiger partial charge in [-0.2, -0.15) is 0 Å².